The molecule has 0 aliphatic heterocycles. The Morgan fingerprint density at radius 2 is 0.655 bits per heavy atom. The molecule has 0 rings (SSSR count). The van der Waals surface area contributed by atoms with Crippen LogP contribution in [0, 0.1) is 23.9 Å². The minimum Gasteiger partial charge on any atom is -0.126 e. The molecule has 0 bridgehead atoms. The van der Waals surface area contributed by atoms with E-state index in [1.54, 1.807) is 0 Å². The standard InChI is InChI=1S/C28H52Si/c1-5-9-11-13-15-17-19-21-23-25-27-29(7-3,8-4)28-26-24-22-20-18-16-14-12-10-6-2/h3-4H,5-6,9-28H2,1-2H3. The molecule has 0 radical (unpaired) electrons. The predicted octanol–water partition coefficient (Wildman–Crippen LogP) is 9.62. The van der Waals surface area contributed by atoms with E-state index in [2.05, 4.69) is 24.9 Å². The van der Waals surface area contributed by atoms with E-state index in [-0.39, 0.29) is 0 Å². The quantitative estimate of drug-likeness (QED) is 0.0935. The van der Waals surface area contributed by atoms with Crippen LogP contribution in [0.3, 0.4) is 0 Å². The van der Waals surface area contributed by atoms with Gasteiger partial charge in [0, 0.05) is 0 Å². The van der Waals surface area contributed by atoms with Crippen molar-refractivity contribution in [3.8, 4) is 23.9 Å². The Kier molecular flexibility index (Phi) is 21.5. The molecular weight excluding hydrogens is 364 g/mol. The van der Waals surface area contributed by atoms with E-state index in [1.807, 2.05) is 0 Å². The third-order valence-electron chi connectivity index (χ3n) is 6.47. The van der Waals surface area contributed by atoms with E-state index in [9.17, 15) is 0 Å². The van der Waals surface area contributed by atoms with Crippen LogP contribution < -0.4 is 0 Å². The Morgan fingerprint density at radius 3 is 0.897 bits per heavy atom. The molecule has 0 fully saturated rings. The van der Waals surface area contributed by atoms with Crippen molar-refractivity contribution in [2.45, 2.75) is 154 Å². The molecule has 0 saturated heterocycles. The molecule has 168 valence electrons. The molecule has 0 unspecified atom stereocenters. The Labute approximate surface area is 186 Å². The summed E-state index contributed by atoms with van der Waals surface area (Å²) in [4.78, 5) is 0. The van der Waals surface area contributed by atoms with Crippen LogP contribution in [0.5, 0.6) is 0 Å². The summed E-state index contributed by atoms with van der Waals surface area (Å²) in [5.41, 5.74) is 6.26. The smallest absolute Gasteiger partial charge is 0.126 e. The van der Waals surface area contributed by atoms with Gasteiger partial charge in [-0.2, -0.15) is 0 Å². The number of hydrogen-bond donors (Lipinski definition) is 0. The highest BCUT2D eigenvalue weighted by atomic mass is 28.3. The SMILES string of the molecule is C#C[Si](C#C)(CCCCCCCCCCCC)CCCCCCCCCCCC. The van der Waals surface area contributed by atoms with Gasteiger partial charge in [0.15, 0.2) is 0 Å². The lowest BCUT2D eigenvalue weighted by Crippen LogP contribution is -2.30. The fraction of sp³-hybridized carbons (Fsp3) is 0.857. The van der Waals surface area contributed by atoms with Crippen LogP contribution in [0.4, 0.5) is 0 Å². The van der Waals surface area contributed by atoms with Crippen LogP contribution in [0.2, 0.25) is 12.1 Å². The lowest BCUT2D eigenvalue weighted by molar-refractivity contribution is 0.559. The van der Waals surface area contributed by atoms with Crippen LogP contribution >= 0.6 is 0 Å². The summed E-state index contributed by atoms with van der Waals surface area (Å²) in [5.74, 6) is 0. The zero-order valence-electron chi connectivity index (χ0n) is 20.2. The van der Waals surface area contributed by atoms with Gasteiger partial charge < -0.3 is 0 Å². The van der Waals surface area contributed by atoms with E-state index >= 15 is 0 Å². The molecule has 0 aromatic rings. The van der Waals surface area contributed by atoms with Crippen LogP contribution in [0.1, 0.15) is 142 Å². The van der Waals surface area contributed by atoms with E-state index < -0.39 is 8.07 Å². The summed E-state index contributed by atoms with van der Waals surface area (Å²) >= 11 is 0. The average molecular weight is 417 g/mol. The van der Waals surface area contributed by atoms with Crippen molar-refractivity contribution in [1.82, 2.24) is 0 Å². The van der Waals surface area contributed by atoms with E-state index in [0.717, 1.165) is 12.1 Å². The van der Waals surface area contributed by atoms with Crippen molar-refractivity contribution in [3.05, 3.63) is 0 Å². The Balaban J connectivity index is 3.67. The number of hydrogen-bond acceptors (Lipinski definition) is 0. The van der Waals surface area contributed by atoms with E-state index in [1.165, 1.54) is 128 Å². The van der Waals surface area contributed by atoms with Gasteiger partial charge >= 0.3 is 0 Å². The average Bonchev–Trinajstić information content (AvgIpc) is 2.75. The third-order valence-corrected chi connectivity index (χ3v) is 9.99. The zero-order chi connectivity index (χ0) is 21.5. The fourth-order valence-electron chi connectivity index (χ4n) is 4.28. The van der Waals surface area contributed by atoms with E-state index in [0.29, 0.717) is 0 Å². The second-order valence-electron chi connectivity index (χ2n) is 9.23. The molecule has 0 aliphatic rings. The lowest BCUT2D eigenvalue weighted by Gasteiger charge is -2.19. The van der Waals surface area contributed by atoms with Crippen molar-refractivity contribution in [2.24, 2.45) is 0 Å². The topological polar surface area (TPSA) is 0 Å². The first-order valence-corrected chi connectivity index (χ1v) is 15.6. The Bertz CT molecular complexity index is 371. The van der Waals surface area contributed by atoms with Crippen LogP contribution in [0.25, 0.3) is 0 Å². The normalized spacial score (nSPS) is 11.3. The molecule has 0 aliphatic carbocycles. The molecule has 0 N–H and O–H groups in total. The molecule has 1 heteroatoms. The van der Waals surface area contributed by atoms with Gasteiger partial charge in [-0.05, 0) is 12.1 Å². The van der Waals surface area contributed by atoms with Gasteiger partial charge in [-0.15, -0.1) is 23.9 Å². The summed E-state index contributed by atoms with van der Waals surface area (Å²) in [5, 5.41) is 0. The monoisotopic (exact) mass is 416 g/mol. The molecule has 0 aromatic carbocycles. The van der Waals surface area contributed by atoms with Crippen molar-refractivity contribution in [3.63, 3.8) is 0 Å². The first kappa shape index (κ1) is 28.3. The minimum atomic E-state index is -1.87. The molecule has 0 spiro atoms. The minimum absolute atomic E-state index is 1.16. The zero-order valence-corrected chi connectivity index (χ0v) is 21.2. The van der Waals surface area contributed by atoms with Crippen molar-refractivity contribution in [2.75, 3.05) is 0 Å². The second kappa shape index (κ2) is 22.0. The van der Waals surface area contributed by atoms with E-state index in [4.69, 9.17) is 12.8 Å². The largest absolute Gasteiger partial charge is 0.216 e. The maximum Gasteiger partial charge on any atom is 0.216 e. The fourth-order valence-corrected chi connectivity index (χ4v) is 6.90. The third kappa shape index (κ3) is 17.9. The van der Waals surface area contributed by atoms with Gasteiger partial charge in [0.2, 0.25) is 8.07 Å². The van der Waals surface area contributed by atoms with Crippen LogP contribution in [0.15, 0.2) is 0 Å². The summed E-state index contributed by atoms with van der Waals surface area (Å²) in [7, 11) is -1.87. The van der Waals surface area contributed by atoms with Gasteiger partial charge in [0.05, 0.1) is 0 Å². The first-order valence-electron chi connectivity index (χ1n) is 13.2. The summed E-state index contributed by atoms with van der Waals surface area (Å²) < 4.78 is 0. The molecule has 0 atom stereocenters. The van der Waals surface area contributed by atoms with Crippen LogP contribution in [-0.2, 0) is 0 Å². The molecule has 0 heterocycles. The second-order valence-corrected chi connectivity index (χ2v) is 13.0. The molecule has 0 aromatic heterocycles. The first-order chi connectivity index (χ1) is 14.2. The van der Waals surface area contributed by atoms with Gasteiger partial charge in [-0.25, -0.2) is 0 Å². The molecule has 29 heavy (non-hydrogen) atoms. The van der Waals surface area contributed by atoms with Gasteiger partial charge in [0.1, 0.15) is 0 Å². The highest BCUT2D eigenvalue weighted by molar-refractivity contribution is 6.94. The summed E-state index contributed by atoms with van der Waals surface area (Å²) in [6.07, 6.45) is 39.4. The Hall–Kier alpha value is -0.663. The number of terminal acetylenes is 2. The molecular formula is C28H52Si. The molecule has 0 nitrogen and oxygen atoms in total. The number of rotatable bonds is 22. The van der Waals surface area contributed by atoms with Crippen LogP contribution in [-0.4, -0.2) is 8.07 Å². The van der Waals surface area contributed by atoms with Gasteiger partial charge in [0.25, 0.3) is 0 Å². The number of unbranched alkanes of at least 4 members (excludes halogenated alkanes) is 18. The van der Waals surface area contributed by atoms with Gasteiger partial charge in [-0.1, -0.05) is 142 Å². The molecule has 0 amide bonds. The maximum atomic E-state index is 5.93. The highest BCUT2D eigenvalue weighted by Crippen LogP contribution is 2.23. The molecule has 0 saturated carbocycles. The maximum absolute atomic E-state index is 5.93. The highest BCUT2D eigenvalue weighted by Gasteiger charge is 2.27. The van der Waals surface area contributed by atoms with Crippen molar-refractivity contribution >= 4 is 8.07 Å². The Morgan fingerprint density at radius 1 is 0.414 bits per heavy atom. The lowest BCUT2D eigenvalue weighted by atomic mass is 10.1. The van der Waals surface area contributed by atoms with Gasteiger partial charge in [-0.3, -0.25) is 0 Å². The summed E-state index contributed by atoms with van der Waals surface area (Å²) in [6.45, 7) is 4.57. The van der Waals surface area contributed by atoms with Crippen molar-refractivity contribution in [1.29, 1.82) is 0 Å². The summed E-state index contributed by atoms with van der Waals surface area (Å²) in [6, 6.07) is 2.32. The van der Waals surface area contributed by atoms with Crippen molar-refractivity contribution < 1.29 is 0 Å². The predicted molar refractivity (Wildman–Crippen MR) is 137 cm³/mol.